The first-order chi connectivity index (χ1) is 14.1. The second-order valence-electron chi connectivity index (χ2n) is 8.22. The van der Waals surface area contributed by atoms with Gasteiger partial charge in [-0.1, -0.05) is 0 Å². The van der Waals surface area contributed by atoms with Gasteiger partial charge >= 0.3 is 5.97 Å². The average molecular weight is 422 g/mol. The molecule has 0 radical (unpaired) electrons. The Morgan fingerprint density at radius 1 is 1.27 bits per heavy atom. The van der Waals surface area contributed by atoms with Crippen LogP contribution in [0.2, 0.25) is 0 Å². The Morgan fingerprint density at radius 3 is 2.60 bits per heavy atom. The molecule has 1 aromatic rings. The number of aryl methyl sites for hydroxylation is 1. The Bertz CT molecular complexity index is 694. The van der Waals surface area contributed by atoms with Gasteiger partial charge in [0.1, 0.15) is 12.0 Å². The van der Waals surface area contributed by atoms with Crippen LogP contribution in [0.25, 0.3) is 0 Å². The lowest BCUT2D eigenvalue weighted by Crippen LogP contribution is -2.48. The van der Waals surface area contributed by atoms with E-state index in [1.165, 1.54) is 0 Å². The van der Waals surface area contributed by atoms with E-state index in [-0.39, 0.29) is 31.8 Å². The van der Waals surface area contributed by atoms with Crippen LogP contribution in [0.4, 0.5) is 0 Å². The fourth-order valence-electron chi connectivity index (χ4n) is 2.44. The smallest absolute Gasteiger partial charge is 0.337 e. The van der Waals surface area contributed by atoms with E-state index < -0.39 is 17.0 Å². The molecule has 30 heavy (non-hydrogen) atoms. The van der Waals surface area contributed by atoms with Crippen LogP contribution >= 0.6 is 0 Å². The third-order valence-electron chi connectivity index (χ3n) is 4.44. The summed E-state index contributed by atoms with van der Waals surface area (Å²) in [6.45, 7) is 10.2. The molecular weight excluding hydrogens is 386 g/mol. The minimum Gasteiger partial charge on any atom is -0.462 e. The number of carbonyl (C=O) groups excluding carboxylic acids is 2. The van der Waals surface area contributed by atoms with Crippen LogP contribution < -0.4 is 5.32 Å². The molecule has 0 saturated heterocycles. The number of terminal acetylenes is 1. The summed E-state index contributed by atoms with van der Waals surface area (Å²) in [6.07, 6.45) is 11.6. The summed E-state index contributed by atoms with van der Waals surface area (Å²) in [6, 6.07) is 0. The molecule has 1 aromatic heterocycles. The van der Waals surface area contributed by atoms with Crippen LogP contribution in [-0.4, -0.2) is 59.5 Å². The molecule has 1 rings (SSSR count). The predicted molar refractivity (Wildman–Crippen MR) is 113 cm³/mol. The van der Waals surface area contributed by atoms with E-state index in [9.17, 15) is 9.59 Å². The molecule has 0 aromatic carbocycles. The first kappa shape index (κ1) is 25.7. The van der Waals surface area contributed by atoms with Gasteiger partial charge < -0.3 is 24.1 Å². The fourth-order valence-corrected chi connectivity index (χ4v) is 2.44. The maximum Gasteiger partial charge on any atom is 0.337 e. The second-order valence-corrected chi connectivity index (χ2v) is 8.22. The number of imidazole rings is 1. The van der Waals surface area contributed by atoms with E-state index in [0.717, 1.165) is 13.0 Å². The Balaban J connectivity index is 2.62. The molecule has 8 nitrogen and oxygen atoms in total. The summed E-state index contributed by atoms with van der Waals surface area (Å²) in [5, 5.41) is 2.92. The standard InChI is InChI=1S/C22H35N3O5/c1-7-8-14-30-21(4,5)20(27)29-16-22(6,15-28-18(2)3)19(26)24-10-9-12-25-13-11-23-17-25/h1,11,13,17-18H,8-10,12,14-16H2,2-6H3,(H,24,26). The Kier molecular flexibility index (Phi) is 10.6. The largest absolute Gasteiger partial charge is 0.462 e. The van der Waals surface area contributed by atoms with Gasteiger partial charge in [0.15, 0.2) is 5.60 Å². The topological polar surface area (TPSA) is 91.7 Å². The molecule has 1 unspecified atom stereocenters. The zero-order valence-electron chi connectivity index (χ0n) is 18.8. The normalized spacial score (nSPS) is 13.5. The Hall–Kier alpha value is -2.37. The molecule has 0 bridgehead atoms. The average Bonchev–Trinajstić information content (AvgIpc) is 3.21. The van der Waals surface area contributed by atoms with Gasteiger partial charge in [-0.3, -0.25) is 4.79 Å². The minimum absolute atomic E-state index is 0.0578. The molecule has 8 heteroatoms. The van der Waals surface area contributed by atoms with Crippen molar-refractivity contribution in [3.63, 3.8) is 0 Å². The second kappa shape index (κ2) is 12.4. The summed E-state index contributed by atoms with van der Waals surface area (Å²) in [7, 11) is 0. The van der Waals surface area contributed by atoms with Gasteiger partial charge in [-0.2, -0.15) is 0 Å². The number of ether oxygens (including phenoxy) is 3. The Labute approximate surface area is 179 Å². The lowest BCUT2D eigenvalue weighted by molar-refractivity contribution is -0.174. The first-order valence-electron chi connectivity index (χ1n) is 10.2. The number of carbonyl (C=O) groups is 2. The first-order valence-corrected chi connectivity index (χ1v) is 10.2. The molecule has 1 N–H and O–H groups in total. The number of hydrogen-bond donors (Lipinski definition) is 1. The van der Waals surface area contributed by atoms with E-state index in [1.807, 2.05) is 24.6 Å². The van der Waals surface area contributed by atoms with Crippen molar-refractivity contribution in [3.05, 3.63) is 18.7 Å². The number of amides is 1. The number of rotatable bonds is 14. The third kappa shape index (κ3) is 8.97. The highest BCUT2D eigenvalue weighted by atomic mass is 16.6. The number of aromatic nitrogens is 2. The molecular formula is C22H35N3O5. The molecule has 0 aliphatic rings. The van der Waals surface area contributed by atoms with E-state index in [1.54, 1.807) is 33.3 Å². The van der Waals surface area contributed by atoms with Crippen molar-refractivity contribution in [2.45, 2.75) is 65.7 Å². The van der Waals surface area contributed by atoms with E-state index in [0.29, 0.717) is 13.0 Å². The number of nitrogens with one attached hydrogen (secondary N) is 1. The van der Waals surface area contributed by atoms with Crippen molar-refractivity contribution >= 4 is 11.9 Å². The maximum absolute atomic E-state index is 12.9. The van der Waals surface area contributed by atoms with Crippen molar-refractivity contribution in [1.82, 2.24) is 14.9 Å². The summed E-state index contributed by atoms with van der Waals surface area (Å²) in [5.74, 6) is 1.68. The van der Waals surface area contributed by atoms with Crippen LogP contribution in [0.15, 0.2) is 18.7 Å². The minimum atomic E-state index is -1.15. The van der Waals surface area contributed by atoms with Gasteiger partial charge in [0, 0.05) is 31.9 Å². The predicted octanol–water partition coefficient (Wildman–Crippen LogP) is 2.18. The highest BCUT2D eigenvalue weighted by Gasteiger charge is 2.38. The van der Waals surface area contributed by atoms with Crippen LogP contribution in [0.5, 0.6) is 0 Å². The monoisotopic (exact) mass is 421 g/mol. The fraction of sp³-hybridized carbons (Fsp3) is 0.682. The van der Waals surface area contributed by atoms with Gasteiger partial charge in [-0.05, 0) is 41.0 Å². The quantitative estimate of drug-likeness (QED) is 0.281. The molecule has 168 valence electrons. The van der Waals surface area contributed by atoms with Crippen LogP contribution in [0, 0.1) is 17.8 Å². The number of esters is 1. The van der Waals surface area contributed by atoms with Crippen molar-refractivity contribution in [2.24, 2.45) is 5.41 Å². The van der Waals surface area contributed by atoms with Gasteiger partial charge in [0.25, 0.3) is 0 Å². The maximum atomic E-state index is 12.9. The van der Waals surface area contributed by atoms with Crippen molar-refractivity contribution in [1.29, 1.82) is 0 Å². The van der Waals surface area contributed by atoms with Crippen molar-refractivity contribution in [3.8, 4) is 12.3 Å². The van der Waals surface area contributed by atoms with Crippen molar-refractivity contribution < 1.29 is 23.8 Å². The van der Waals surface area contributed by atoms with Crippen LogP contribution in [0.1, 0.15) is 47.5 Å². The third-order valence-corrected chi connectivity index (χ3v) is 4.44. The summed E-state index contributed by atoms with van der Waals surface area (Å²) >= 11 is 0. The number of nitrogens with zero attached hydrogens (tertiary/aromatic N) is 2. The van der Waals surface area contributed by atoms with Crippen LogP contribution in [-0.2, 0) is 30.3 Å². The van der Waals surface area contributed by atoms with Gasteiger partial charge in [0.05, 0.1) is 25.6 Å². The van der Waals surface area contributed by atoms with Gasteiger partial charge in [-0.25, -0.2) is 9.78 Å². The lowest BCUT2D eigenvalue weighted by Gasteiger charge is -2.30. The molecule has 0 saturated carbocycles. The van der Waals surface area contributed by atoms with Crippen LogP contribution in [0.3, 0.4) is 0 Å². The van der Waals surface area contributed by atoms with E-state index >= 15 is 0 Å². The molecule has 0 aliphatic heterocycles. The highest BCUT2D eigenvalue weighted by Crippen LogP contribution is 2.21. The molecule has 1 amide bonds. The molecule has 0 spiro atoms. The zero-order valence-corrected chi connectivity index (χ0v) is 18.8. The van der Waals surface area contributed by atoms with Gasteiger partial charge in [0.2, 0.25) is 5.91 Å². The summed E-state index contributed by atoms with van der Waals surface area (Å²) in [5.41, 5.74) is -2.18. The zero-order chi connectivity index (χ0) is 22.6. The molecule has 1 heterocycles. The lowest BCUT2D eigenvalue weighted by atomic mass is 9.91. The van der Waals surface area contributed by atoms with Crippen molar-refractivity contribution in [2.75, 3.05) is 26.4 Å². The van der Waals surface area contributed by atoms with Gasteiger partial charge in [-0.15, -0.1) is 12.3 Å². The SMILES string of the molecule is C#CCCOC(C)(C)C(=O)OCC(C)(COC(C)C)C(=O)NCCCn1ccnc1. The van der Waals surface area contributed by atoms with E-state index in [2.05, 4.69) is 16.2 Å². The molecule has 1 atom stereocenters. The molecule has 0 aliphatic carbocycles. The van der Waals surface area contributed by atoms with E-state index in [4.69, 9.17) is 20.6 Å². The summed E-state index contributed by atoms with van der Waals surface area (Å²) < 4.78 is 18.6. The number of hydrogen-bond acceptors (Lipinski definition) is 6. The Morgan fingerprint density at radius 2 is 2.00 bits per heavy atom. The summed E-state index contributed by atoms with van der Waals surface area (Å²) in [4.78, 5) is 29.3. The molecule has 0 fully saturated rings. The highest BCUT2D eigenvalue weighted by molar-refractivity contribution is 5.83.